The fourth-order valence-corrected chi connectivity index (χ4v) is 3.37. The molecule has 0 aliphatic heterocycles. The molecule has 2 rings (SSSR count). The van der Waals surface area contributed by atoms with E-state index in [0.717, 1.165) is 6.07 Å². The minimum atomic E-state index is -3.98. The zero-order valence-corrected chi connectivity index (χ0v) is 11.1. The van der Waals surface area contributed by atoms with Gasteiger partial charge in [0.2, 0.25) is 9.84 Å². The van der Waals surface area contributed by atoms with Gasteiger partial charge in [-0.3, -0.25) is 4.79 Å². The summed E-state index contributed by atoms with van der Waals surface area (Å²) in [5, 5.41) is 0.241. The third-order valence-electron chi connectivity index (χ3n) is 2.53. The highest BCUT2D eigenvalue weighted by molar-refractivity contribution is 7.91. The third-order valence-corrected chi connectivity index (χ3v) is 4.57. The number of carbonyl (C=O) groups excluding carboxylic acids is 1. The standard InChI is InChI=1S/C13H8ClFO3S/c14-9-3-1-4-10(7-9)19(17,18)13-6-2-5-12(15)11(13)8-16/h1-8H. The predicted octanol–water partition coefficient (Wildman–Crippen LogP) is 3.12. The van der Waals surface area contributed by atoms with Crippen LogP contribution in [-0.2, 0) is 9.84 Å². The van der Waals surface area contributed by atoms with E-state index in [2.05, 4.69) is 0 Å². The van der Waals surface area contributed by atoms with Crippen LogP contribution in [0.25, 0.3) is 0 Å². The van der Waals surface area contributed by atoms with E-state index >= 15 is 0 Å². The Morgan fingerprint density at radius 2 is 1.79 bits per heavy atom. The SMILES string of the molecule is O=Cc1c(F)cccc1S(=O)(=O)c1cccc(Cl)c1. The second-order valence-corrected chi connectivity index (χ2v) is 6.08. The summed E-state index contributed by atoms with van der Waals surface area (Å²) < 4.78 is 38.1. The maximum atomic E-state index is 13.5. The summed E-state index contributed by atoms with van der Waals surface area (Å²) >= 11 is 5.74. The molecule has 0 N–H and O–H groups in total. The molecule has 19 heavy (non-hydrogen) atoms. The molecule has 3 nitrogen and oxygen atoms in total. The van der Waals surface area contributed by atoms with Crippen LogP contribution in [0.15, 0.2) is 52.3 Å². The number of hydrogen-bond acceptors (Lipinski definition) is 3. The Labute approximate surface area is 114 Å². The van der Waals surface area contributed by atoms with Crippen molar-refractivity contribution in [2.45, 2.75) is 9.79 Å². The van der Waals surface area contributed by atoms with Crippen molar-refractivity contribution in [2.75, 3.05) is 0 Å². The van der Waals surface area contributed by atoms with Gasteiger partial charge in [0.1, 0.15) is 5.82 Å². The highest BCUT2D eigenvalue weighted by atomic mass is 35.5. The molecule has 0 atom stereocenters. The summed E-state index contributed by atoms with van der Waals surface area (Å²) in [6.07, 6.45) is 0.187. The summed E-state index contributed by atoms with van der Waals surface area (Å²) in [4.78, 5) is 10.4. The van der Waals surface area contributed by atoms with Gasteiger partial charge in [-0.2, -0.15) is 0 Å². The summed E-state index contributed by atoms with van der Waals surface area (Å²) in [6, 6.07) is 9.02. The van der Waals surface area contributed by atoms with Crippen LogP contribution in [-0.4, -0.2) is 14.7 Å². The Morgan fingerprint density at radius 1 is 1.11 bits per heavy atom. The van der Waals surface area contributed by atoms with Gasteiger partial charge in [0.05, 0.1) is 15.4 Å². The van der Waals surface area contributed by atoms with E-state index in [9.17, 15) is 17.6 Å². The van der Waals surface area contributed by atoms with Crippen molar-refractivity contribution in [3.8, 4) is 0 Å². The minimum absolute atomic E-state index is 0.0892. The van der Waals surface area contributed by atoms with Crippen LogP contribution in [0.4, 0.5) is 4.39 Å². The minimum Gasteiger partial charge on any atom is -0.298 e. The monoisotopic (exact) mass is 298 g/mol. The van der Waals surface area contributed by atoms with Gasteiger partial charge in [-0.15, -0.1) is 0 Å². The number of aldehydes is 1. The van der Waals surface area contributed by atoms with Gasteiger partial charge in [0.25, 0.3) is 0 Å². The second-order valence-electron chi connectivity index (χ2n) is 3.73. The Hall–Kier alpha value is -1.72. The molecule has 2 aromatic rings. The molecule has 0 fully saturated rings. The van der Waals surface area contributed by atoms with E-state index in [-0.39, 0.29) is 21.1 Å². The van der Waals surface area contributed by atoms with E-state index in [1.807, 2.05) is 0 Å². The number of halogens is 2. The quantitative estimate of drug-likeness (QED) is 0.818. The second kappa shape index (κ2) is 5.11. The molecule has 0 aliphatic rings. The Kier molecular flexibility index (Phi) is 3.68. The van der Waals surface area contributed by atoms with Crippen molar-refractivity contribution in [3.05, 3.63) is 58.9 Å². The number of carbonyl (C=O) groups is 1. The normalized spacial score (nSPS) is 11.3. The summed E-state index contributed by atoms with van der Waals surface area (Å²) in [5.74, 6) is -0.877. The zero-order valence-electron chi connectivity index (χ0n) is 9.51. The molecule has 0 saturated heterocycles. The summed E-state index contributed by atoms with van der Waals surface area (Å²) in [5.41, 5.74) is -0.484. The number of rotatable bonds is 3. The van der Waals surface area contributed by atoms with Crippen molar-refractivity contribution >= 4 is 27.7 Å². The molecule has 0 amide bonds. The molecular formula is C13H8ClFO3S. The molecule has 0 heterocycles. The highest BCUT2D eigenvalue weighted by Gasteiger charge is 2.23. The van der Waals surface area contributed by atoms with Crippen molar-refractivity contribution in [1.82, 2.24) is 0 Å². The lowest BCUT2D eigenvalue weighted by atomic mass is 10.2. The van der Waals surface area contributed by atoms with Crippen LogP contribution in [0.5, 0.6) is 0 Å². The van der Waals surface area contributed by atoms with Crippen molar-refractivity contribution in [3.63, 3.8) is 0 Å². The smallest absolute Gasteiger partial charge is 0.207 e. The van der Waals surface area contributed by atoms with Gasteiger partial charge in [-0.05, 0) is 30.3 Å². The topological polar surface area (TPSA) is 51.2 Å². The zero-order chi connectivity index (χ0) is 14.0. The van der Waals surface area contributed by atoms with Gasteiger partial charge < -0.3 is 0 Å². The number of benzene rings is 2. The molecular weight excluding hydrogens is 291 g/mol. The van der Waals surface area contributed by atoms with Gasteiger partial charge in [0.15, 0.2) is 6.29 Å². The van der Waals surface area contributed by atoms with Crippen LogP contribution in [0.3, 0.4) is 0 Å². The average Bonchev–Trinajstić information content (AvgIpc) is 2.38. The molecule has 0 aromatic heterocycles. The Balaban J connectivity index is 2.70. The van der Waals surface area contributed by atoms with Crippen LogP contribution < -0.4 is 0 Å². The first-order valence-electron chi connectivity index (χ1n) is 5.21. The average molecular weight is 299 g/mol. The van der Waals surface area contributed by atoms with Crippen LogP contribution in [0.1, 0.15) is 10.4 Å². The first kappa shape index (κ1) is 13.7. The van der Waals surface area contributed by atoms with Gasteiger partial charge in [-0.25, -0.2) is 12.8 Å². The molecule has 6 heteroatoms. The third kappa shape index (κ3) is 2.52. The predicted molar refractivity (Wildman–Crippen MR) is 68.7 cm³/mol. The first-order valence-corrected chi connectivity index (χ1v) is 7.07. The summed E-state index contributed by atoms with van der Waals surface area (Å²) in [6.45, 7) is 0. The maximum absolute atomic E-state index is 13.5. The fraction of sp³-hybridized carbons (Fsp3) is 0. The van der Waals surface area contributed by atoms with E-state index in [0.29, 0.717) is 0 Å². The van der Waals surface area contributed by atoms with Gasteiger partial charge in [-0.1, -0.05) is 23.7 Å². The van der Waals surface area contributed by atoms with E-state index in [1.165, 1.54) is 36.4 Å². The molecule has 2 aromatic carbocycles. The van der Waals surface area contributed by atoms with E-state index in [1.54, 1.807) is 0 Å². The number of hydrogen-bond donors (Lipinski definition) is 0. The molecule has 98 valence electrons. The lowest BCUT2D eigenvalue weighted by Gasteiger charge is -2.07. The van der Waals surface area contributed by atoms with Crippen LogP contribution in [0, 0.1) is 5.82 Å². The van der Waals surface area contributed by atoms with Gasteiger partial charge in [0, 0.05) is 5.02 Å². The van der Waals surface area contributed by atoms with E-state index in [4.69, 9.17) is 11.6 Å². The van der Waals surface area contributed by atoms with Crippen LogP contribution in [0.2, 0.25) is 5.02 Å². The molecule has 0 radical (unpaired) electrons. The van der Waals surface area contributed by atoms with Crippen molar-refractivity contribution < 1.29 is 17.6 Å². The molecule has 0 unspecified atom stereocenters. The summed E-state index contributed by atoms with van der Waals surface area (Å²) in [7, 11) is -3.98. The Bertz CT molecular complexity index is 741. The number of sulfone groups is 1. The molecule has 0 aliphatic carbocycles. The van der Waals surface area contributed by atoms with Crippen molar-refractivity contribution in [1.29, 1.82) is 0 Å². The van der Waals surface area contributed by atoms with Crippen molar-refractivity contribution in [2.24, 2.45) is 0 Å². The largest absolute Gasteiger partial charge is 0.298 e. The molecule has 0 bridgehead atoms. The maximum Gasteiger partial charge on any atom is 0.207 e. The van der Waals surface area contributed by atoms with Crippen LogP contribution >= 0.6 is 11.6 Å². The van der Waals surface area contributed by atoms with Gasteiger partial charge >= 0.3 is 0 Å². The fourth-order valence-electron chi connectivity index (χ4n) is 1.63. The first-order chi connectivity index (χ1) is 8.96. The lowest BCUT2D eigenvalue weighted by molar-refractivity contribution is 0.111. The Morgan fingerprint density at radius 3 is 2.42 bits per heavy atom. The molecule has 0 saturated carbocycles. The molecule has 0 spiro atoms. The highest BCUT2D eigenvalue weighted by Crippen LogP contribution is 2.26. The van der Waals surface area contributed by atoms with E-state index < -0.39 is 21.2 Å². The lowest BCUT2D eigenvalue weighted by Crippen LogP contribution is -2.07.